The zero-order valence-electron chi connectivity index (χ0n) is 10.8. The Kier molecular flexibility index (Phi) is 3.47. The molecule has 0 aromatic heterocycles. The Balaban J connectivity index is 2.56. The fraction of sp³-hybridized carbons (Fsp3) is 0.900. The van der Waals surface area contributed by atoms with Gasteiger partial charge in [-0.2, -0.15) is 0 Å². The third-order valence-electron chi connectivity index (χ3n) is 2.56. The van der Waals surface area contributed by atoms with Gasteiger partial charge in [0.1, 0.15) is 14.3 Å². The van der Waals surface area contributed by atoms with Crippen LogP contribution < -0.4 is 0 Å². The van der Waals surface area contributed by atoms with Crippen LogP contribution in [0.25, 0.3) is 0 Å². The van der Waals surface area contributed by atoms with Gasteiger partial charge >= 0.3 is 5.97 Å². The molecule has 0 aromatic rings. The number of carbonyl (C=O) groups excluding carboxylic acids is 1. The van der Waals surface area contributed by atoms with Crippen LogP contribution in [0.2, 0.25) is 39.3 Å². The summed E-state index contributed by atoms with van der Waals surface area (Å²) in [6.45, 7) is 14.1. The number of carbonyl (C=O) groups is 1. The highest BCUT2D eigenvalue weighted by Crippen LogP contribution is 2.26. The molecule has 1 aliphatic rings. The van der Waals surface area contributed by atoms with Crippen molar-refractivity contribution in [2.45, 2.75) is 51.7 Å². The van der Waals surface area contributed by atoms with E-state index in [9.17, 15) is 4.79 Å². The van der Waals surface area contributed by atoms with E-state index in [0.29, 0.717) is 0 Å². The summed E-state index contributed by atoms with van der Waals surface area (Å²) in [7, 11) is -3.04. The molecule has 0 spiro atoms. The first-order chi connectivity index (χ1) is 6.61. The molecular formula is C10H23NO2Si2. The zero-order chi connectivity index (χ0) is 11.9. The Bertz CT molecular complexity index is 255. The molecule has 0 N–H and O–H groups in total. The van der Waals surface area contributed by atoms with Crippen LogP contribution in [-0.4, -0.2) is 39.7 Å². The Morgan fingerprint density at radius 2 is 1.73 bits per heavy atom. The summed E-state index contributed by atoms with van der Waals surface area (Å²) in [6.07, 6.45) is 0.980. The van der Waals surface area contributed by atoms with Gasteiger partial charge in [-0.25, -0.2) is 0 Å². The lowest BCUT2D eigenvalue weighted by molar-refractivity contribution is -0.143. The van der Waals surface area contributed by atoms with Gasteiger partial charge in [0.05, 0.1) is 0 Å². The molecule has 0 radical (unpaired) electrons. The van der Waals surface area contributed by atoms with Gasteiger partial charge < -0.3 is 8.99 Å². The van der Waals surface area contributed by atoms with Crippen molar-refractivity contribution in [1.82, 2.24) is 4.57 Å². The van der Waals surface area contributed by atoms with E-state index in [1.165, 1.54) is 0 Å². The standard InChI is InChI=1S/C10H23NO2Si2/c1-14(2,3)11-8-7-9(11)10(12)13-15(4,5)6/h9H,7-8H2,1-6H3/t9-/m0/s1. The SMILES string of the molecule is C[Si](C)(C)OC(=O)[C@@H]1CCN1[Si](C)(C)C. The molecule has 5 heteroatoms. The summed E-state index contributed by atoms with van der Waals surface area (Å²) in [5.74, 6) is 0.0165. The number of hydrogen-bond donors (Lipinski definition) is 0. The molecule has 0 saturated carbocycles. The second-order valence-corrected chi connectivity index (χ2v) is 15.5. The molecule has 15 heavy (non-hydrogen) atoms. The van der Waals surface area contributed by atoms with Crippen molar-refractivity contribution in [3.05, 3.63) is 0 Å². The third-order valence-corrected chi connectivity index (χ3v) is 5.63. The molecule has 0 amide bonds. The van der Waals surface area contributed by atoms with Gasteiger partial charge in [0.2, 0.25) is 8.32 Å². The van der Waals surface area contributed by atoms with Crippen molar-refractivity contribution < 1.29 is 9.22 Å². The van der Waals surface area contributed by atoms with Crippen molar-refractivity contribution in [3.63, 3.8) is 0 Å². The molecule has 1 atom stereocenters. The molecule has 0 bridgehead atoms. The topological polar surface area (TPSA) is 29.5 Å². The first kappa shape index (κ1) is 12.9. The largest absolute Gasteiger partial charge is 0.519 e. The van der Waals surface area contributed by atoms with E-state index >= 15 is 0 Å². The van der Waals surface area contributed by atoms with Gasteiger partial charge in [-0.1, -0.05) is 19.6 Å². The lowest BCUT2D eigenvalue weighted by atomic mass is 10.1. The van der Waals surface area contributed by atoms with Crippen LogP contribution in [-0.2, 0) is 9.22 Å². The third kappa shape index (κ3) is 3.43. The van der Waals surface area contributed by atoms with Gasteiger partial charge in [-0.3, -0.25) is 4.79 Å². The normalized spacial score (nSPS) is 23.5. The average molecular weight is 245 g/mol. The molecule has 1 rings (SSSR count). The van der Waals surface area contributed by atoms with E-state index in [1.807, 2.05) is 0 Å². The van der Waals surface area contributed by atoms with Crippen LogP contribution in [0.4, 0.5) is 0 Å². The monoisotopic (exact) mass is 245 g/mol. The minimum absolute atomic E-state index is 0.0165. The van der Waals surface area contributed by atoms with E-state index in [4.69, 9.17) is 4.43 Å². The van der Waals surface area contributed by atoms with Crippen molar-refractivity contribution in [3.8, 4) is 0 Å². The van der Waals surface area contributed by atoms with Gasteiger partial charge in [-0.05, 0) is 32.6 Å². The molecule has 1 fully saturated rings. The highest BCUT2D eigenvalue weighted by atomic mass is 28.4. The fourth-order valence-electron chi connectivity index (χ4n) is 1.81. The Hall–Kier alpha value is -0.136. The molecule has 0 unspecified atom stereocenters. The Labute approximate surface area is 95.0 Å². The maximum absolute atomic E-state index is 11.9. The van der Waals surface area contributed by atoms with Crippen molar-refractivity contribution in [2.24, 2.45) is 0 Å². The van der Waals surface area contributed by atoms with Crippen LogP contribution in [0.5, 0.6) is 0 Å². The fourth-order valence-corrected chi connectivity index (χ4v) is 4.51. The van der Waals surface area contributed by atoms with Crippen molar-refractivity contribution in [2.75, 3.05) is 6.54 Å². The smallest absolute Gasteiger partial charge is 0.309 e. The van der Waals surface area contributed by atoms with Crippen LogP contribution >= 0.6 is 0 Å². The van der Waals surface area contributed by atoms with Crippen molar-refractivity contribution >= 4 is 22.5 Å². The molecule has 1 aliphatic heterocycles. The number of rotatable bonds is 3. The van der Waals surface area contributed by atoms with Crippen molar-refractivity contribution in [1.29, 1.82) is 0 Å². The van der Waals surface area contributed by atoms with E-state index in [0.717, 1.165) is 13.0 Å². The minimum atomic E-state index is -1.71. The number of nitrogens with zero attached hydrogens (tertiary/aromatic N) is 1. The van der Waals surface area contributed by atoms with E-state index in [-0.39, 0.29) is 12.0 Å². The summed E-state index contributed by atoms with van der Waals surface area (Å²) in [6, 6.07) is 0.0587. The number of hydrogen-bond acceptors (Lipinski definition) is 3. The summed E-state index contributed by atoms with van der Waals surface area (Å²) >= 11 is 0. The molecule has 3 nitrogen and oxygen atoms in total. The molecule has 0 aliphatic carbocycles. The lowest BCUT2D eigenvalue weighted by Gasteiger charge is -2.47. The van der Waals surface area contributed by atoms with Crippen LogP contribution in [0.15, 0.2) is 0 Å². The predicted molar refractivity (Wildman–Crippen MR) is 67.9 cm³/mol. The van der Waals surface area contributed by atoms with Crippen LogP contribution in [0.1, 0.15) is 6.42 Å². The first-order valence-electron chi connectivity index (χ1n) is 5.61. The summed E-state index contributed by atoms with van der Waals surface area (Å²) < 4.78 is 7.90. The van der Waals surface area contributed by atoms with Gasteiger partial charge in [0.25, 0.3) is 0 Å². The molecule has 1 saturated heterocycles. The quantitative estimate of drug-likeness (QED) is 0.715. The second kappa shape index (κ2) is 4.03. The minimum Gasteiger partial charge on any atom is -0.519 e. The summed E-state index contributed by atoms with van der Waals surface area (Å²) in [5, 5.41) is 0. The van der Waals surface area contributed by atoms with Crippen LogP contribution in [0, 0.1) is 0 Å². The van der Waals surface area contributed by atoms with Gasteiger partial charge in [-0.15, -0.1) is 0 Å². The maximum Gasteiger partial charge on any atom is 0.309 e. The molecule has 1 heterocycles. The average Bonchev–Trinajstić information content (AvgIpc) is 1.72. The highest BCUT2D eigenvalue weighted by Gasteiger charge is 2.43. The highest BCUT2D eigenvalue weighted by molar-refractivity contribution is 6.74. The van der Waals surface area contributed by atoms with Gasteiger partial charge in [0, 0.05) is 0 Å². The van der Waals surface area contributed by atoms with E-state index in [2.05, 4.69) is 43.8 Å². The molecule has 88 valence electrons. The van der Waals surface area contributed by atoms with E-state index in [1.54, 1.807) is 0 Å². The first-order valence-corrected chi connectivity index (χ1v) is 12.5. The summed E-state index contributed by atoms with van der Waals surface area (Å²) in [5.41, 5.74) is 0. The lowest BCUT2D eigenvalue weighted by Crippen LogP contribution is -2.63. The maximum atomic E-state index is 11.9. The molecule has 0 aromatic carbocycles. The second-order valence-electron chi connectivity index (χ2n) is 6.20. The van der Waals surface area contributed by atoms with Gasteiger partial charge in [0.15, 0.2) is 0 Å². The Morgan fingerprint density at radius 3 is 2.00 bits per heavy atom. The Morgan fingerprint density at radius 1 is 1.20 bits per heavy atom. The van der Waals surface area contributed by atoms with E-state index < -0.39 is 16.6 Å². The molecular weight excluding hydrogens is 222 g/mol. The predicted octanol–water partition coefficient (Wildman–Crippen LogP) is 2.27. The summed E-state index contributed by atoms with van der Waals surface area (Å²) in [4.78, 5) is 11.9. The van der Waals surface area contributed by atoms with Crippen LogP contribution in [0.3, 0.4) is 0 Å². The zero-order valence-corrected chi connectivity index (χ0v) is 12.8.